The average Bonchev–Trinajstić information content (AvgIpc) is 3.51. The van der Waals surface area contributed by atoms with Crippen molar-refractivity contribution in [2.45, 2.75) is 6.42 Å². The quantitative estimate of drug-likeness (QED) is 0.305. The Morgan fingerprint density at radius 2 is 1.81 bits per heavy atom. The van der Waals surface area contributed by atoms with E-state index < -0.39 is 15.7 Å². The van der Waals surface area contributed by atoms with Crippen molar-refractivity contribution in [1.82, 2.24) is 25.1 Å². The minimum Gasteiger partial charge on any atom is -0.353 e. The van der Waals surface area contributed by atoms with E-state index in [4.69, 9.17) is 0 Å². The van der Waals surface area contributed by atoms with Gasteiger partial charge in [-0.25, -0.2) is 17.8 Å². The summed E-state index contributed by atoms with van der Waals surface area (Å²) in [6.45, 7) is 0. The molecule has 0 radical (unpaired) electrons. The van der Waals surface area contributed by atoms with Gasteiger partial charge in [-0.15, -0.1) is 0 Å². The fourth-order valence-corrected chi connectivity index (χ4v) is 5.18. The van der Waals surface area contributed by atoms with E-state index in [1.165, 1.54) is 18.4 Å². The number of hydrogen-bond acceptors (Lipinski definition) is 5. The lowest BCUT2D eigenvalue weighted by Crippen LogP contribution is -2.06. The third-order valence-corrected chi connectivity index (χ3v) is 7.28. The van der Waals surface area contributed by atoms with Crippen LogP contribution in [0.15, 0.2) is 79.1 Å². The molecule has 0 aliphatic rings. The molecule has 37 heavy (non-hydrogen) atoms. The van der Waals surface area contributed by atoms with Crippen molar-refractivity contribution < 1.29 is 12.8 Å². The Balaban J connectivity index is 1.44. The molecule has 2 aromatic carbocycles. The SMILES string of the molecule is CS(=O)(=O)CCc1cc(F)cc(-c2cccc3[nH]c(-c4[nH]nc5ncc(-c6ccccn6)cc45)cc23)c1. The number of nitrogens with one attached hydrogen (secondary N) is 2. The van der Waals surface area contributed by atoms with Crippen LogP contribution in [-0.4, -0.2) is 45.6 Å². The highest BCUT2D eigenvalue weighted by Crippen LogP contribution is 2.35. The van der Waals surface area contributed by atoms with E-state index in [1.54, 1.807) is 12.4 Å². The summed E-state index contributed by atoms with van der Waals surface area (Å²) < 4.78 is 37.8. The fraction of sp³-hybridized carbons (Fsp3) is 0.107. The normalized spacial score (nSPS) is 11.9. The van der Waals surface area contributed by atoms with Crippen LogP contribution in [0.2, 0.25) is 0 Å². The standard InChI is InChI=1S/C28H22FN5O2S/c1-37(35,36)10-8-17-11-18(13-20(29)12-17)21-5-4-7-25-22(21)15-26(32-25)27-23-14-19(16-31-28(23)34-33-27)24-6-2-3-9-30-24/h2-7,9,11-16,32H,8,10H2,1H3,(H,31,33,34). The second kappa shape index (κ2) is 8.94. The number of halogens is 1. The van der Waals surface area contributed by atoms with Crippen molar-refractivity contribution in [3.63, 3.8) is 0 Å². The summed E-state index contributed by atoms with van der Waals surface area (Å²) in [6.07, 6.45) is 4.94. The molecule has 0 aliphatic heterocycles. The molecule has 0 saturated carbocycles. The van der Waals surface area contributed by atoms with E-state index in [-0.39, 0.29) is 12.2 Å². The predicted octanol–water partition coefficient (Wildman–Crippen LogP) is 5.56. The van der Waals surface area contributed by atoms with E-state index in [0.717, 1.165) is 44.5 Å². The van der Waals surface area contributed by atoms with Gasteiger partial charge in [-0.2, -0.15) is 5.10 Å². The highest BCUT2D eigenvalue weighted by Gasteiger charge is 2.16. The van der Waals surface area contributed by atoms with E-state index in [9.17, 15) is 12.8 Å². The van der Waals surface area contributed by atoms with Crippen LogP contribution in [0, 0.1) is 5.82 Å². The molecule has 4 heterocycles. The third kappa shape index (κ3) is 4.61. The summed E-state index contributed by atoms with van der Waals surface area (Å²) in [6, 6.07) is 20.3. The van der Waals surface area contributed by atoms with Crippen LogP contribution in [-0.2, 0) is 16.3 Å². The molecular formula is C28H22FN5O2S. The molecule has 9 heteroatoms. The number of aromatic nitrogens is 5. The van der Waals surface area contributed by atoms with Gasteiger partial charge in [0.2, 0.25) is 0 Å². The van der Waals surface area contributed by atoms with Gasteiger partial charge in [-0.05, 0) is 65.6 Å². The van der Waals surface area contributed by atoms with E-state index in [2.05, 4.69) is 25.1 Å². The van der Waals surface area contributed by atoms with E-state index >= 15 is 0 Å². The second-order valence-corrected chi connectivity index (χ2v) is 11.3. The molecule has 4 aromatic heterocycles. The lowest BCUT2D eigenvalue weighted by molar-refractivity contribution is 0.600. The van der Waals surface area contributed by atoms with Crippen molar-refractivity contribution >= 4 is 31.8 Å². The highest BCUT2D eigenvalue weighted by molar-refractivity contribution is 7.90. The van der Waals surface area contributed by atoms with Crippen LogP contribution in [0.4, 0.5) is 4.39 Å². The third-order valence-electron chi connectivity index (χ3n) is 6.33. The van der Waals surface area contributed by atoms with Gasteiger partial charge in [0.15, 0.2) is 5.65 Å². The summed E-state index contributed by atoms with van der Waals surface area (Å²) in [4.78, 5) is 12.4. The molecule has 0 saturated heterocycles. The Kier molecular flexibility index (Phi) is 5.57. The maximum atomic E-state index is 14.5. The number of H-pyrrole nitrogens is 2. The number of nitrogens with zero attached hydrogens (tertiary/aromatic N) is 3. The van der Waals surface area contributed by atoms with Crippen LogP contribution < -0.4 is 0 Å². The fourth-order valence-electron chi connectivity index (χ4n) is 4.57. The average molecular weight is 512 g/mol. The molecule has 0 unspecified atom stereocenters. The summed E-state index contributed by atoms with van der Waals surface area (Å²) in [7, 11) is -3.15. The summed E-state index contributed by atoms with van der Waals surface area (Å²) >= 11 is 0. The summed E-state index contributed by atoms with van der Waals surface area (Å²) in [5.41, 5.74) is 6.95. The molecule has 6 aromatic rings. The first-order valence-electron chi connectivity index (χ1n) is 11.7. The molecule has 0 fully saturated rings. The number of rotatable bonds is 6. The van der Waals surface area contributed by atoms with E-state index in [1.807, 2.05) is 54.6 Å². The lowest BCUT2D eigenvalue weighted by Gasteiger charge is -2.08. The first-order valence-corrected chi connectivity index (χ1v) is 13.8. The summed E-state index contributed by atoms with van der Waals surface area (Å²) in [5.74, 6) is -0.433. The molecule has 0 atom stereocenters. The van der Waals surface area contributed by atoms with Gasteiger partial charge in [-0.1, -0.05) is 24.3 Å². The van der Waals surface area contributed by atoms with Crippen LogP contribution >= 0.6 is 0 Å². The summed E-state index contributed by atoms with van der Waals surface area (Å²) in [5, 5.41) is 9.23. The lowest BCUT2D eigenvalue weighted by atomic mass is 9.98. The van der Waals surface area contributed by atoms with Crippen molar-refractivity contribution in [3.05, 3.63) is 90.5 Å². The maximum Gasteiger partial charge on any atom is 0.181 e. The van der Waals surface area contributed by atoms with Gasteiger partial charge in [-0.3, -0.25) is 10.1 Å². The number of aromatic amines is 2. The molecular weight excluding hydrogens is 489 g/mol. The van der Waals surface area contributed by atoms with Crippen molar-refractivity contribution in [2.75, 3.05) is 12.0 Å². The Labute approximate surface area is 212 Å². The van der Waals surface area contributed by atoms with Gasteiger partial charge in [0.25, 0.3) is 0 Å². The first kappa shape index (κ1) is 23.1. The highest BCUT2D eigenvalue weighted by atomic mass is 32.2. The Morgan fingerprint density at radius 1 is 0.919 bits per heavy atom. The maximum absolute atomic E-state index is 14.5. The topological polar surface area (TPSA) is 104 Å². The van der Waals surface area contributed by atoms with Crippen LogP contribution in [0.5, 0.6) is 0 Å². The number of hydrogen-bond donors (Lipinski definition) is 2. The number of pyridine rings is 2. The zero-order valence-corrected chi connectivity index (χ0v) is 20.7. The van der Waals surface area contributed by atoms with Crippen LogP contribution in [0.3, 0.4) is 0 Å². The number of sulfone groups is 1. The van der Waals surface area contributed by atoms with Gasteiger partial charge in [0.05, 0.1) is 22.8 Å². The van der Waals surface area contributed by atoms with Gasteiger partial charge < -0.3 is 4.98 Å². The van der Waals surface area contributed by atoms with Crippen molar-refractivity contribution in [1.29, 1.82) is 0 Å². The number of fused-ring (bicyclic) bond motifs is 2. The largest absolute Gasteiger partial charge is 0.353 e. The Bertz CT molecular complexity index is 1880. The molecule has 184 valence electrons. The predicted molar refractivity (Wildman–Crippen MR) is 143 cm³/mol. The van der Waals surface area contributed by atoms with Gasteiger partial charge in [0, 0.05) is 40.5 Å². The van der Waals surface area contributed by atoms with Crippen molar-refractivity contribution in [3.8, 4) is 33.8 Å². The molecule has 2 N–H and O–H groups in total. The van der Waals surface area contributed by atoms with E-state index in [0.29, 0.717) is 16.8 Å². The van der Waals surface area contributed by atoms with Crippen LogP contribution in [0.25, 0.3) is 55.7 Å². The van der Waals surface area contributed by atoms with Gasteiger partial charge >= 0.3 is 0 Å². The molecule has 0 amide bonds. The number of benzene rings is 2. The first-order chi connectivity index (χ1) is 17.8. The molecule has 7 nitrogen and oxygen atoms in total. The number of aryl methyl sites for hydroxylation is 1. The Hall–Kier alpha value is -4.37. The minimum absolute atomic E-state index is 0.0319. The second-order valence-electron chi connectivity index (χ2n) is 9.09. The smallest absolute Gasteiger partial charge is 0.181 e. The monoisotopic (exact) mass is 511 g/mol. The minimum atomic E-state index is -3.15. The molecule has 0 bridgehead atoms. The van der Waals surface area contributed by atoms with Crippen LogP contribution in [0.1, 0.15) is 5.56 Å². The zero-order valence-electron chi connectivity index (χ0n) is 19.9. The van der Waals surface area contributed by atoms with Gasteiger partial charge in [0.1, 0.15) is 15.7 Å². The van der Waals surface area contributed by atoms with Crippen molar-refractivity contribution in [2.24, 2.45) is 0 Å². The molecule has 0 aliphatic carbocycles. The Morgan fingerprint density at radius 3 is 2.62 bits per heavy atom. The molecule has 0 spiro atoms. The zero-order chi connectivity index (χ0) is 25.6. The molecule has 6 rings (SSSR count).